The zero-order valence-electron chi connectivity index (χ0n) is 16.7. The largest absolute Gasteiger partial charge is 0.309 e. The molecule has 0 saturated carbocycles. The van der Waals surface area contributed by atoms with E-state index in [1.807, 2.05) is 35.1 Å². The number of fused-ring (bicyclic) bond motifs is 3. The van der Waals surface area contributed by atoms with Gasteiger partial charge >= 0.3 is 0 Å². The van der Waals surface area contributed by atoms with E-state index >= 15 is 0 Å². The summed E-state index contributed by atoms with van der Waals surface area (Å²) >= 11 is 1.66. The van der Waals surface area contributed by atoms with E-state index in [9.17, 15) is 4.79 Å². The highest BCUT2D eigenvalue weighted by Crippen LogP contribution is 2.34. The van der Waals surface area contributed by atoms with Crippen molar-refractivity contribution >= 4 is 33.3 Å². The Morgan fingerprint density at radius 1 is 1.17 bits per heavy atom. The fourth-order valence-electron chi connectivity index (χ4n) is 4.03. The number of hydrogen-bond acceptors (Lipinski definition) is 5. The van der Waals surface area contributed by atoms with Crippen LogP contribution in [0.4, 0.5) is 11.8 Å². The van der Waals surface area contributed by atoms with Gasteiger partial charge in [-0.15, -0.1) is 17.9 Å². The summed E-state index contributed by atoms with van der Waals surface area (Å²) in [5, 5.41) is 8.65. The summed E-state index contributed by atoms with van der Waals surface area (Å²) in [6, 6.07) is 12.1. The van der Waals surface area contributed by atoms with Crippen LogP contribution in [-0.2, 0) is 25.9 Å². The third kappa shape index (κ3) is 3.45. The van der Waals surface area contributed by atoms with Gasteiger partial charge in [0.25, 0.3) is 5.56 Å². The van der Waals surface area contributed by atoms with Gasteiger partial charge in [-0.2, -0.15) is 5.10 Å². The number of aryl methyl sites for hydroxylation is 2. The SMILES string of the molecule is C=CCn1c(Nc2ccn(Cc3ccccc3)n2)nc2sc3c(c2c1=O)CCCC3. The first-order chi connectivity index (χ1) is 14.7. The first-order valence-corrected chi connectivity index (χ1v) is 11.0. The number of thiophene rings is 1. The molecule has 1 N–H and O–H groups in total. The maximum Gasteiger partial charge on any atom is 0.264 e. The lowest BCUT2D eigenvalue weighted by Crippen LogP contribution is -2.24. The summed E-state index contributed by atoms with van der Waals surface area (Å²) in [4.78, 5) is 20.3. The minimum atomic E-state index is 0.00511. The summed E-state index contributed by atoms with van der Waals surface area (Å²) < 4.78 is 3.53. The van der Waals surface area contributed by atoms with Crippen molar-refractivity contribution in [2.45, 2.75) is 38.8 Å². The molecule has 0 saturated heterocycles. The number of hydrogen-bond donors (Lipinski definition) is 1. The van der Waals surface area contributed by atoms with Gasteiger partial charge in [0.1, 0.15) is 4.83 Å². The Kier molecular flexibility index (Phi) is 4.96. The van der Waals surface area contributed by atoms with Gasteiger partial charge in [0.15, 0.2) is 5.82 Å². The van der Waals surface area contributed by atoms with E-state index in [2.05, 4.69) is 29.1 Å². The van der Waals surface area contributed by atoms with Crippen LogP contribution in [0.15, 0.2) is 60.0 Å². The average molecular weight is 418 g/mol. The van der Waals surface area contributed by atoms with Crippen LogP contribution in [0.1, 0.15) is 28.8 Å². The van der Waals surface area contributed by atoms with E-state index in [1.165, 1.54) is 22.4 Å². The van der Waals surface area contributed by atoms with E-state index < -0.39 is 0 Å². The highest BCUT2D eigenvalue weighted by Gasteiger charge is 2.22. The molecule has 1 aliphatic carbocycles. The van der Waals surface area contributed by atoms with Crippen LogP contribution < -0.4 is 10.9 Å². The number of rotatable bonds is 6. The number of allylic oxidation sites excluding steroid dienone is 1. The van der Waals surface area contributed by atoms with Gasteiger partial charge in [0.05, 0.1) is 11.9 Å². The Morgan fingerprint density at radius 2 is 2.00 bits per heavy atom. The van der Waals surface area contributed by atoms with E-state index in [-0.39, 0.29) is 5.56 Å². The fourth-order valence-corrected chi connectivity index (χ4v) is 5.29. The van der Waals surface area contributed by atoms with Gasteiger partial charge in [-0.3, -0.25) is 14.0 Å². The van der Waals surface area contributed by atoms with Crippen molar-refractivity contribution in [2.75, 3.05) is 5.32 Å². The van der Waals surface area contributed by atoms with Gasteiger partial charge in [-0.1, -0.05) is 36.4 Å². The molecule has 7 heteroatoms. The Balaban J connectivity index is 1.50. The first kappa shape index (κ1) is 18.8. The van der Waals surface area contributed by atoms with Crippen molar-refractivity contribution in [1.82, 2.24) is 19.3 Å². The molecule has 5 rings (SSSR count). The molecule has 6 nitrogen and oxygen atoms in total. The predicted octanol–water partition coefficient (Wildman–Crippen LogP) is 4.51. The van der Waals surface area contributed by atoms with Crippen LogP contribution in [0.25, 0.3) is 10.2 Å². The molecule has 0 unspecified atom stereocenters. The third-order valence-corrected chi connectivity index (χ3v) is 6.64. The van der Waals surface area contributed by atoms with Crippen molar-refractivity contribution in [2.24, 2.45) is 0 Å². The molecule has 30 heavy (non-hydrogen) atoms. The van der Waals surface area contributed by atoms with Gasteiger partial charge in [-0.05, 0) is 36.8 Å². The molecule has 3 aromatic heterocycles. The van der Waals surface area contributed by atoms with E-state index in [0.29, 0.717) is 24.9 Å². The number of anilines is 2. The zero-order valence-corrected chi connectivity index (χ0v) is 17.5. The molecule has 0 spiro atoms. The Labute approximate surface area is 178 Å². The minimum absolute atomic E-state index is 0.00511. The van der Waals surface area contributed by atoms with Gasteiger partial charge in [0.2, 0.25) is 5.95 Å². The van der Waals surface area contributed by atoms with Crippen molar-refractivity contribution in [3.63, 3.8) is 0 Å². The van der Waals surface area contributed by atoms with E-state index in [0.717, 1.165) is 29.5 Å². The number of nitrogens with one attached hydrogen (secondary N) is 1. The van der Waals surface area contributed by atoms with Crippen molar-refractivity contribution < 1.29 is 0 Å². The Morgan fingerprint density at radius 3 is 2.83 bits per heavy atom. The fraction of sp³-hybridized carbons (Fsp3) is 0.261. The van der Waals surface area contributed by atoms with Crippen LogP contribution in [-0.4, -0.2) is 19.3 Å². The molecule has 0 fully saturated rings. The molecule has 0 atom stereocenters. The van der Waals surface area contributed by atoms with Crippen LogP contribution in [0.5, 0.6) is 0 Å². The third-order valence-electron chi connectivity index (χ3n) is 5.45. The van der Waals surface area contributed by atoms with Gasteiger partial charge in [0, 0.05) is 23.7 Å². The summed E-state index contributed by atoms with van der Waals surface area (Å²) in [6.45, 7) is 4.91. The molecule has 0 amide bonds. The Bertz CT molecular complexity index is 1270. The second-order valence-corrected chi connectivity index (χ2v) is 8.62. The molecule has 1 aliphatic rings. The molecule has 152 valence electrons. The second-order valence-electron chi connectivity index (χ2n) is 7.54. The lowest BCUT2D eigenvalue weighted by Gasteiger charge is -2.12. The molecule has 0 radical (unpaired) electrons. The number of benzene rings is 1. The van der Waals surface area contributed by atoms with Crippen LogP contribution in [0.2, 0.25) is 0 Å². The molecule has 0 aliphatic heterocycles. The number of nitrogens with zero attached hydrogens (tertiary/aromatic N) is 4. The maximum atomic E-state index is 13.3. The van der Waals surface area contributed by atoms with Gasteiger partial charge in [-0.25, -0.2) is 4.98 Å². The summed E-state index contributed by atoms with van der Waals surface area (Å²) in [6.07, 6.45) is 7.99. The van der Waals surface area contributed by atoms with Crippen LogP contribution in [0, 0.1) is 0 Å². The lowest BCUT2D eigenvalue weighted by molar-refractivity contribution is 0.688. The average Bonchev–Trinajstić information content (AvgIpc) is 3.35. The lowest BCUT2D eigenvalue weighted by atomic mass is 9.97. The topological polar surface area (TPSA) is 64.7 Å². The molecular weight excluding hydrogens is 394 g/mol. The maximum absolute atomic E-state index is 13.3. The highest BCUT2D eigenvalue weighted by atomic mass is 32.1. The number of aromatic nitrogens is 4. The molecule has 0 bridgehead atoms. The minimum Gasteiger partial charge on any atom is -0.309 e. The highest BCUT2D eigenvalue weighted by molar-refractivity contribution is 7.18. The predicted molar refractivity (Wildman–Crippen MR) is 122 cm³/mol. The van der Waals surface area contributed by atoms with Crippen LogP contribution in [0.3, 0.4) is 0 Å². The van der Waals surface area contributed by atoms with Crippen molar-refractivity contribution in [3.05, 3.63) is 81.6 Å². The van der Waals surface area contributed by atoms with Crippen molar-refractivity contribution in [3.8, 4) is 0 Å². The normalized spacial score (nSPS) is 13.3. The quantitative estimate of drug-likeness (QED) is 0.469. The van der Waals surface area contributed by atoms with E-state index in [4.69, 9.17) is 4.98 Å². The molecular formula is C23H23N5OS. The summed E-state index contributed by atoms with van der Waals surface area (Å²) in [5.41, 5.74) is 2.39. The zero-order chi connectivity index (χ0) is 20.5. The smallest absolute Gasteiger partial charge is 0.264 e. The summed E-state index contributed by atoms with van der Waals surface area (Å²) in [5.74, 6) is 1.17. The first-order valence-electron chi connectivity index (χ1n) is 10.2. The summed E-state index contributed by atoms with van der Waals surface area (Å²) in [7, 11) is 0. The van der Waals surface area contributed by atoms with Crippen molar-refractivity contribution in [1.29, 1.82) is 0 Å². The van der Waals surface area contributed by atoms with Crippen LogP contribution >= 0.6 is 11.3 Å². The molecule has 4 aromatic rings. The monoisotopic (exact) mass is 417 g/mol. The molecule has 1 aromatic carbocycles. The molecule has 3 heterocycles. The van der Waals surface area contributed by atoms with E-state index in [1.54, 1.807) is 22.0 Å². The van der Waals surface area contributed by atoms with Gasteiger partial charge < -0.3 is 5.32 Å². The standard InChI is InChI=1S/C23H23N5OS/c1-2-13-28-22(29)20-17-10-6-7-11-18(17)30-21(20)25-23(28)24-19-12-14-27(26-19)15-16-8-4-3-5-9-16/h2-5,8-9,12,14H,1,6-7,10-11,13,15H2,(H,24,25,26). The second kappa shape index (κ2) is 7.91. The Hall–Kier alpha value is -3.19.